The molecule has 1 unspecified atom stereocenters. The molecule has 21 heavy (non-hydrogen) atoms. The Kier molecular flexibility index (Phi) is 4.25. The van der Waals surface area contributed by atoms with Crippen molar-refractivity contribution in [1.29, 1.82) is 0 Å². The first-order valence-corrected chi connectivity index (χ1v) is 8.02. The molecule has 3 nitrogen and oxygen atoms in total. The predicted molar refractivity (Wildman–Crippen MR) is 85.6 cm³/mol. The molecule has 0 spiro atoms. The van der Waals surface area contributed by atoms with Crippen molar-refractivity contribution < 1.29 is 9.15 Å². The van der Waals surface area contributed by atoms with Crippen molar-refractivity contribution in [2.75, 3.05) is 7.11 Å². The maximum Gasteiger partial charge on any atom is 0.134 e. The number of fused-ring (bicyclic) bond motifs is 1. The Balaban J connectivity index is 1.95. The number of rotatable bonds is 3. The van der Waals surface area contributed by atoms with Gasteiger partial charge < -0.3 is 14.9 Å². The summed E-state index contributed by atoms with van der Waals surface area (Å²) >= 11 is 6.03. The summed E-state index contributed by atoms with van der Waals surface area (Å²) in [7, 11) is 1.77. The van der Waals surface area contributed by atoms with Crippen molar-refractivity contribution in [2.24, 2.45) is 5.73 Å². The highest BCUT2D eigenvalue weighted by molar-refractivity contribution is 6.31. The second-order valence-corrected chi connectivity index (χ2v) is 6.43. The van der Waals surface area contributed by atoms with Gasteiger partial charge in [-0.05, 0) is 37.1 Å². The zero-order valence-corrected chi connectivity index (χ0v) is 13.2. The molecule has 0 amide bonds. The van der Waals surface area contributed by atoms with E-state index in [4.69, 9.17) is 26.5 Å². The Bertz CT molecular complexity index is 614. The van der Waals surface area contributed by atoms with E-state index in [-0.39, 0.29) is 11.6 Å². The molecule has 3 rings (SSSR count). The summed E-state index contributed by atoms with van der Waals surface area (Å²) in [4.78, 5) is 0. The molecule has 1 heterocycles. The van der Waals surface area contributed by atoms with E-state index in [2.05, 4.69) is 0 Å². The van der Waals surface area contributed by atoms with Crippen LogP contribution < -0.4 is 5.73 Å². The largest absolute Gasteiger partial charge is 0.459 e. The van der Waals surface area contributed by atoms with E-state index in [9.17, 15) is 0 Å². The van der Waals surface area contributed by atoms with Gasteiger partial charge in [0, 0.05) is 17.5 Å². The Morgan fingerprint density at radius 1 is 1.19 bits per heavy atom. The monoisotopic (exact) mass is 307 g/mol. The lowest BCUT2D eigenvalue weighted by atomic mass is 9.85. The highest BCUT2D eigenvalue weighted by Crippen LogP contribution is 2.40. The van der Waals surface area contributed by atoms with Crippen LogP contribution in [-0.4, -0.2) is 12.7 Å². The first-order valence-electron chi connectivity index (χ1n) is 7.64. The Morgan fingerprint density at radius 3 is 2.57 bits per heavy atom. The molecule has 2 aromatic rings. The minimum atomic E-state index is -0.311. The van der Waals surface area contributed by atoms with Crippen molar-refractivity contribution in [3.63, 3.8) is 0 Å². The lowest BCUT2D eigenvalue weighted by Crippen LogP contribution is -2.42. The molecule has 1 aromatic carbocycles. The Labute approximate surface area is 130 Å². The van der Waals surface area contributed by atoms with Gasteiger partial charge in [-0.25, -0.2) is 0 Å². The lowest BCUT2D eigenvalue weighted by molar-refractivity contribution is -0.0484. The van der Waals surface area contributed by atoms with Crippen LogP contribution in [0.4, 0.5) is 0 Å². The first kappa shape index (κ1) is 14.9. The van der Waals surface area contributed by atoms with Crippen LogP contribution in [0.2, 0.25) is 5.02 Å². The predicted octanol–water partition coefficient (Wildman–Crippen LogP) is 4.83. The van der Waals surface area contributed by atoms with Gasteiger partial charge in [0.05, 0.1) is 11.6 Å². The minimum Gasteiger partial charge on any atom is -0.459 e. The second-order valence-electron chi connectivity index (χ2n) is 5.99. The molecule has 1 aliphatic rings. The minimum absolute atomic E-state index is 0.244. The fraction of sp³-hybridized carbons (Fsp3) is 0.529. The summed E-state index contributed by atoms with van der Waals surface area (Å²) in [6.07, 6.45) is 6.81. The Morgan fingerprint density at radius 2 is 1.90 bits per heavy atom. The first-order chi connectivity index (χ1) is 10.1. The SMILES string of the molecule is COC1(C(N)c2cc3cc(Cl)ccc3o2)CCCCCC1. The van der Waals surface area contributed by atoms with E-state index in [1.807, 2.05) is 24.3 Å². The van der Waals surface area contributed by atoms with Gasteiger partial charge in [0.15, 0.2) is 0 Å². The zero-order chi connectivity index (χ0) is 14.9. The molecule has 114 valence electrons. The number of hydrogen-bond donors (Lipinski definition) is 1. The van der Waals surface area contributed by atoms with Crippen molar-refractivity contribution in [3.05, 3.63) is 35.0 Å². The van der Waals surface area contributed by atoms with Gasteiger partial charge in [-0.1, -0.05) is 37.3 Å². The lowest BCUT2D eigenvalue weighted by Gasteiger charge is -2.36. The van der Waals surface area contributed by atoms with Crippen LogP contribution in [0.15, 0.2) is 28.7 Å². The van der Waals surface area contributed by atoms with Gasteiger partial charge in [0.25, 0.3) is 0 Å². The summed E-state index contributed by atoms with van der Waals surface area (Å²) in [6, 6.07) is 7.38. The molecule has 0 saturated heterocycles. The normalized spacial score (nSPS) is 20.3. The van der Waals surface area contributed by atoms with Crippen LogP contribution in [-0.2, 0) is 4.74 Å². The van der Waals surface area contributed by atoms with Gasteiger partial charge in [-0.2, -0.15) is 0 Å². The third kappa shape index (κ3) is 2.83. The molecule has 0 radical (unpaired) electrons. The number of halogens is 1. The smallest absolute Gasteiger partial charge is 0.134 e. The van der Waals surface area contributed by atoms with E-state index >= 15 is 0 Å². The van der Waals surface area contributed by atoms with Crippen LogP contribution in [0.1, 0.15) is 50.3 Å². The average molecular weight is 308 g/mol. The van der Waals surface area contributed by atoms with Crippen molar-refractivity contribution in [3.8, 4) is 0 Å². The molecular formula is C17H22ClNO2. The van der Waals surface area contributed by atoms with E-state index in [1.54, 1.807) is 7.11 Å². The van der Waals surface area contributed by atoms with E-state index in [0.29, 0.717) is 5.02 Å². The van der Waals surface area contributed by atoms with E-state index < -0.39 is 0 Å². The van der Waals surface area contributed by atoms with Gasteiger partial charge in [-0.15, -0.1) is 0 Å². The second kappa shape index (κ2) is 5.99. The summed E-state index contributed by atoms with van der Waals surface area (Å²) < 4.78 is 11.8. The van der Waals surface area contributed by atoms with Gasteiger partial charge in [0.2, 0.25) is 0 Å². The Hall–Kier alpha value is -1.03. The molecule has 0 bridgehead atoms. The standard InChI is InChI=1S/C17H22ClNO2/c1-20-17(8-4-2-3-5-9-17)16(19)15-11-12-10-13(18)6-7-14(12)21-15/h6-7,10-11,16H,2-5,8-9,19H2,1H3. The molecule has 1 atom stereocenters. The summed E-state index contributed by atoms with van der Waals surface area (Å²) in [5, 5.41) is 1.70. The van der Waals surface area contributed by atoms with Crippen LogP contribution in [0, 0.1) is 0 Å². The fourth-order valence-corrected chi connectivity index (χ4v) is 3.60. The summed E-state index contributed by atoms with van der Waals surface area (Å²) in [6.45, 7) is 0. The molecule has 1 saturated carbocycles. The van der Waals surface area contributed by atoms with Crippen LogP contribution in [0.25, 0.3) is 11.0 Å². The van der Waals surface area contributed by atoms with Gasteiger partial charge in [0.1, 0.15) is 11.3 Å². The number of benzene rings is 1. The number of ether oxygens (including phenoxy) is 1. The average Bonchev–Trinajstić information content (AvgIpc) is 2.75. The van der Waals surface area contributed by atoms with Crippen LogP contribution >= 0.6 is 11.6 Å². The van der Waals surface area contributed by atoms with Crippen LogP contribution in [0.3, 0.4) is 0 Å². The number of nitrogens with two attached hydrogens (primary N) is 1. The van der Waals surface area contributed by atoms with Crippen molar-refractivity contribution in [1.82, 2.24) is 0 Å². The van der Waals surface area contributed by atoms with E-state index in [0.717, 1.165) is 42.4 Å². The molecule has 2 N–H and O–H groups in total. The number of hydrogen-bond acceptors (Lipinski definition) is 3. The summed E-state index contributed by atoms with van der Waals surface area (Å²) in [5.74, 6) is 0.788. The van der Waals surface area contributed by atoms with Crippen molar-refractivity contribution >= 4 is 22.6 Å². The molecule has 0 aliphatic heterocycles. The van der Waals surface area contributed by atoms with E-state index in [1.165, 1.54) is 12.8 Å². The van der Waals surface area contributed by atoms with Gasteiger partial charge >= 0.3 is 0 Å². The number of methoxy groups -OCH3 is 1. The maximum atomic E-state index is 6.53. The highest BCUT2D eigenvalue weighted by Gasteiger charge is 2.39. The van der Waals surface area contributed by atoms with Crippen molar-refractivity contribution in [2.45, 2.75) is 50.2 Å². The molecule has 4 heteroatoms. The van der Waals surface area contributed by atoms with Crippen LogP contribution in [0.5, 0.6) is 0 Å². The third-order valence-electron chi connectivity index (χ3n) is 4.73. The topological polar surface area (TPSA) is 48.4 Å². The summed E-state index contributed by atoms with van der Waals surface area (Å²) in [5.41, 5.74) is 7.05. The number of furan rings is 1. The fourth-order valence-electron chi connectivity index (χ4n) is 3.42. The molecular weight excluding hydrogens is 286 g/mol. The molecule has 1 aromatic heterocycles. The molecule has 1 aliphatic carbocycles. The third-order valence-corrected chi connectivity index (χ3v) is 4.96. The maximum absolute atomic E-state index is 6.53. The zero-order valence-electron chi connectivity index (χ0n) is 12.4. The molecule has 1 fully saturated rings. The van der Waals surface area contributed by atoms with Gasteiger partial charge in [-0.3, -0.25) is 0 Å². The quantitative estimate of drug-likeness (QED) is 0.827. The highest BCUT2D eigenvalue weighted by atomic mass is 35.5.